The van der Waals surface area contributed by atoms with Gasteiger partial charge in [0.05, 0.1) is 5.56 Å². The van der Waals surface area contributed by atoms with E-state index in [4.69, 9.17) is 10.5 Å². The molecule has 122 valence electrons. The molecular weight excluding hydrogens is 297 g/mol. The lowest BCUT2D eigenvalue weighted by molar-refractivity contribution is -0.137. The van der Waals surface area contributed by atoms with E-state index < -0.39 is 11.7 Å². The predicted molar refractivity (Wildman–Crippen MR) is 75.3 cm³/mol. The van der Waals surface area contributed by atoms with E-state index in [0.29, 0.717) is 6.54 Å². The summed E-state index contributed by atoms with van der Waals surface area (Å²) in [6.45, 7) is 2.18. The van der Waals surface area contributed by atoms with Crippen molar-refractivity contribution in [3.8, 4) is 5.75 Å². The molecule has 0 bridgehead atoms. The number of hydrogen-bond donors (Lipinski definition) is 1. The van der Waals surface area contributed by atoms with Crippen molar-refractivity contribution in [2.45, 2.75) is 38.0 Å². The third-order valence-corrected chi connectivity index (χ3v) is 3.76. The van der Waals surface area contributed by atoms with Gasteiger partial charge in [-0.15, -0.1) is 0 Å². The Labute approximate surface area is 127 Å². The van der Waals surface area contributed by atoms with Gasteiger partial charge in [0.25, 0.3) is 5.91 Å². The fourth-order valence-electron chi connectivity index (χ4n) is 2.57. The summed E-state index contributed by atoms with van der Waals surface area (Å²) in [4.78, 5) is 13.8. The second-order valence-corrected chi connectivity index (χ2v) is 5.53. The highest BCUT2D eigenvalue weighted by Crippen LogP contribution is 2.31. The first-order chi connectivity index (χ1) is 10.3. The SMILES string of the molecule is C[C@H]1C[C@H](N)CCN1C(=O)COc1cccc(C(F)(F)F)c1. The Hall–Kier alpha value is -1.76. The minimum atomic E-state index is -4.43. The van der Waals surface area contributed by atoms with Crippen LogP contribution in [0, 0.1) is 0 Å². The van der Waals surface area contributed by atoms with Crippen LogP contribution in [0.15, 0.2) is 24.3 Å². The van der Waals surface area contributed by atoms with Gasteiger partial charge in [-0.2, -0.15) is 13.2 Å². The van der Waals surface area contributed by atoms with Crippen LogP contribution in [-0.2, 0) is 11.0 Å². The van der Waals surface area contributed by atoms with Gasteiger partial charge in [0.15, 0.2) is 6.61 Å². The molecule has 0 aromatic heterocycles. The van der Waals surface area contributed by atoms with E-state index in [1.165, 1.54) is 12.1 Å². The Morgan fingerprint density at radius 2 is 2.18 bits per heavy atom. The molecule has 22 heavy (non-hydrogen) atoms. The van der Waals surface area contributed by atoms with Crippen molar-refractivity contribution in [3.05, 3.63) is 29.8 Å². The molecular formula is C15H19F3N2O2. The number of rotatable bonds is 3. The third-order valence-electron chi connectivity index (χ3n) is 3.76. The van der Waals surface area contributed by atoms with Crippen molar-refractivity contribution in [2.75, 3.05) is 13.2 Å². The van der Waals surface area contributed by atoms with Crippen LogP contribution in [0.4, 0.5) is 13.2 Å². The Balaban J connectivity index is 1.94. The standard InChI is InChI=1S/C15H19F3N2O2/c1-10-7-12(19)5-6-20(10)14(21)9-22-13-4-2-3-11(8-13)15(16,17)18/h2-4,8,10,12H,5-7,9,19H2,1H3/t10-,12+/m0/s1. The van der Waals surface area contributed by atoms with Gasteiger partial charge in [-0.05, 0) is 38.0 Å². The van der Waals surface area contributed by atoms with Crippen molar-refractivity contribution in [2.24, 2.45) is 5.73 Å². The smallest absolute Gasteiger partial charge is 0.416 e. The number of nitrogens with two attached hydrogens (primary N) is 1. The molecule has 0 spiro atoms. The second kappa shape index (κ2) is 6.56. The average molecular weight is 316 g/mol. The van der Waals surface area contributed by atoms with Gasteiger partial charge in [-0.25, -0.2) is 0 Å². The van der Waals surface area contributed by atoms with Crippen LogP contribution in [0.5, 0.6) is 5.75 Å². The topological polar surface area (TPSA) is 55.6 Å². The number of benzene rings is 1. The van der Waals surface area contributed by atoms with Crippen LogP contribution in [0.3, 0.4) is 0 Å². The number of carbonyl (C=O) groups excluding carboxylic acids is 1. The maximum atomic E-state index is 12.6. The van der Waals surface area contributed by atoms with E-state index in [1.54, 1.807) is 4.90 Å². The lowest BCUT2D eigenvalue weighted by Crippen LogP contribution is -2.49. The van der Waals surface area contributed by atoms with Gasteiger partial charge >= 0.3 is 6.18 Å². The number of hydrogen-bond acceptors (Lipinski definition) is 3. The Kier molecular flexibility index (Phi) is 4.95. The average Bonchev–Trinajstić information content (AvgIpc) is 2.44. The third kappa shape index (κ3) is 4.13. The van der Waals surface area contributed by atoms with E-state index >= 15 is 0 Å². The molecule has 2 rings (SSSR count). The van der Waals surface area contributed by atoms with Gasteiger partial charge in [0.1, 0.15) is 5.75 Å². The van der Waals surface area contributed by atoms with E-state index in [9.17, 15) is 18.0 Å². The summed E-state index contributed by atoms with van der Waals surface area (Å²) < 4.78 is 43.0. The molecule has 0 saturated carbocycles. The maximum Gasteiger partial charge on any atom is 0.416 e. The Morgan fingerprint density at radius 3 is 2.82 bits per heavy atom. The summed E-state index contributed by atoms with van der Waals surface area (Å²) in [6.07, 6.45) is -2.99. The summed E-state index contributed by atoms with van der Waals surface area (Å²) in [6, 6.07) is 4.61. The molecule has 4 nitrogen and oxygen atoms in total. The molecule has 1 saturated heterocycles. The largest absolute Gasteiger partial charge is 0.484 e. The summed E-state index contributed by atoms with van der Waals surface area (Å²) in [7, 11) is 0. The summed E-state index contributed by atoms with van der Waals surface area (Å²) in [5, 5.41) is 0. The monoisotopic (exact) mass is 316 g/mol. The predicted octanol–water partition coefficient (Wildman–Crippen LogP) is 2.42. The highest BCUT2D eigenvalue weighted by atomic mass is 19.4. The fourth-order valence-corrected chi connectivity index (χ4v) is 2.57. The minimum absolute atomic E-state index is 0.0151. The van der Waals surface area contributed by atoms with Crippen LogP contribution in [0.25, 0.3) is 0 Å². The van der Waals surface area contributed by atoms with Crippen molar-refractivity contribution < 1.29 is 22.7 Å². The van der Waals surface area contributed by atoms with Crippen LogP contribution >= 0.6 is 0 Å². The number of carbonyl (C=O) groups is 1. The van der Waals surface area contributed by atoms with Crippen LogP contribution in [-0.4, -0.2) is 36.0 Å². The van der Waals surface area contributed by atoms with Crippen LogP contribution < -0.4 is 10.5 Å². The highest BCUT2D eigenvalue weighted by molar-refractivity contribution is 5.78. The number of ether oxygens (including phenoxy) is 1. The number of amides is 1. The number of halogens is 3. The molecule has 1 aromatic rings. The van der Waals surface area contributed by atoms with Gasteiger partial charge in [0, 0.05) is 18.6 Å². The zero-order chi connectivity index (χ0) is 16.3. The lowest BCUT2D eigenvalue weighted by atomic mass is 9.99. The second-order valence-electron chi connectivity index (χ2n) is 5.53. The van der Waals surface area contributed by atoms with E-state index in [1.807, 2.05) is 6.92 Å². The normalized spacial score (nSPS) is 22.5. The van der Waals surface area contributed by atoms with E-state index in [2.05, 4.69) is 0 Å². The molecule has 1 amide bonds. The molecule has 1 aromatic carbocycles. The van der Waals surface area contributed by atoms with Gasteiger partial charge < -0.3 is 15.4 Å². The highest BCUT2D eigenvalue weighted by Gasteiger charge is 2.31. The number of likely N-dealkylation sites (tertiary alicyclic amines) is 1. The van der Waals surface area contributed by atoms with Crippen molar-refractivity contribution in [3.63, 3.8) is 0 Å². The quantitative estimate of drug-likeness (QED) is 0.932. The zero-order valence-corrected chi connectivity index (χ0v) is 12.3. The summed E-state index contributed by atoms with van der Waals surface area (Å²) >= 11 is 0. The molecule has 2 atom stereocenters. The first-order valence-corrected chi connectivity index (χ1v) is 7.12. The Bertz CT molecular complexity index is 534. The van der Waals surface area contributed by atoms with Crippen molar-refractivity contribution >= 4 is 5.91 Å². The van der Waals surface area contributed by atoms with Crippen LogP contribution in [0.2, 0.25) is 0 Å². The molecule has 0 unspecified atom stereocenters. The maximum absolute atomic E-state index is 12.6. The molecule has 1 fully saturated rings. The summed E-state index contributed by atoms with van der Waals surface area (Å²) in [5.41, 5.74) is 5.04. The molecule has 0 radical (unpaired) electrons. The molecule has 1 heterocycles. The lowest BCUT2D eigenvalue weighted by Gasteiger charge is -2.36. The molecule has 0 aliphatic carbocycles. The van der Waals surface area contributed by atoms with E-state index in [0.717, 1.165) is 25.0 Å². The van der Waals surface area contributed by atoms with E-state index in [-0.39, 0.29) is 30.3 Å². The fraction of sp³-hybridized carbons (Fsp3) is 0.533. The summed E-state index contributed by atoms with van der Waals surface area (Å²) in [5.74, 6) is -0.207. The van der Waals surface area contributed by atoms with Crippen LogP contribution in [0.1, 0.15) is 25.3 Å². The molecule has 1 aliphatic heterocycles. The zero-order valence-electron chi connectivity index (χ0n) is 12.3. The molecule has 2 N–H and O–H groups in total. The van der Waals surface area contributed by atoms with Crippen molar-refractivity contribution in [1.29, 1.82) is 0 Å². The number of nitrogens with zero attached hydrogens (tertiary/aromatic N) is 1. The van der Waals surface area contributed by atoms with Gasteiger partial charge in [-0.3, -0.25) is 4.79 Å². The molecule has 1 aliphatic rings. The van der Waals surface area contributed by atoms with Gasteiger partial charge in [-0.1, -0.05) is 6.07 Å². The Morgan fingerprint density at radius 1 is 1.45 bits per heavy atom. The molecule has 7 heteroatoms. The first-order valence-electron chi connectivity index (χ1n) is 7.12. The number of piperidine rings is 1. The van der Waals surface area contributed by atoms with Crippen molar-refractivity contribution in [1.82, 2.24) is 4.90 Å². The first kappa shape index (κ1) is 16.6. The minimum Gasteiger partial charge on any atom is -0.484 e. The van der Waals surface area contributed by atoms with Gasteiger partial charge in [0.2, 0.25) is 0 Å². The number of alkyl halides is 3.